The van der Waals surface area contributed by atoms with Crippen LogP contribution in [-0.4, -0.2) is 55.6 Å². The predicted molar refractivity (Wildman–Crippen MR) is 108 cm³/mol. The van der Waals surface area contributed by atoms with Gasteiger partial charge in [-0.25, -0.2) is 13.8 Å². The van der Waals surface area contributed by atoms with Gasteiger partial charge in [0.2, 0.25) is 5.91 Å². The minimum atomic E-state index is -0.350. The van der Waals surface area contributed by atoms with Gasteiger partial charge in [-0.3, -0.25) is 4.79 Å². The number of halogens is 2. The van der Waals surface area contributed by atoms with Crippen molar-refractivity contribution in [2.24, 2.45) is 0 Å². The molecule has 0 spiro atoms. The summed E-state index contributed by atoms with van der Waals surface area (Å²) in [6, 6.07) is 11.3. The summed E-state index contributed by atoms with van der Waals surface area (Å²) >= 11 is 1.37. The van der Waals surface area contributed by atoms with Crippen molar-refractivity contribution in [1.82, 2.24) is 9.88 Å². The lowest BCUT2D eigenvalue weighted by atomic mass is 10.2. The van der Waals surface area contributed by atoms with E-state index < -0.39 is 0 Å². The number of fused-ring (bicyclic) bond motifs is 1. The highest BCUT2D eigenvalue weighted by molar-refractivity contribution is 7.22. The number of rotatable bonds is 4. The second-order valence-corrected chi connectivity index (χ2v) is 7.79. The van der Waals surface area contributed by atoms with Crippen LogP contribution in [0.25, 0.3) is 10.2 Å². The normalized spacial score (nSPS) is 14.5. The van der Waals surface area contributed by atoms with Crippen LogP contribution in [0.3, 0.4) is 0 Å². The average molecular weight is 402 g/mol. The monoisotopic (exact) mass is 402 g/mol. The van der Waals surface area contributed by atoms with Crippen LogP contribution in [0.5, 0.6) is 0 Å². The van der Waals surface area contributed by atoms with Crippen molar-refractivity contribution < 1.29 is 13.6 Å². The molecule has 1 aliphatic heterocycles. The zero-order valence-electron chi connectivity index (χ0n) is 15.4. The number of nitrogens with zero attached hydrogens (tertiary/aromatic N) is 4. The number of para-hydroxylation sites is 1. The van der Waals surface area contributed by atoms with Gasteiger partial charge in [0.15, 0.2) is 5.13 Å². The fraction of sp³-hybridized carbons (Fsp3) is 0.300. The molecule has 0 unspecified atom stereocenters. The van der Waals surface area contributed by atoms with Gasteiger partial charge in [0, 0.05) is 38.9 Å². The third-order valence-electron chi connectivity index (χ3n) is 4.88. The fourth-order valence-electron chi connectivity index (χ4n) is 3.30. The highest BCUT2D eigenvalue weighted by Crippen LogP contribution is 2.29. The van der Waals surface area contributed by atoms with Crippen LogP contribution in [-0.2, 0) is 4.79 Å². The van der Waals surface area contributed by atoms with E-state index in [9.17, 15) is 13.6 Å². The second kappa shape index (κ2) is 7.71. The molecule has 146 valence electrons. The topological polar surface area (TPSA) is 39.7 Å². The number of aromatic nitrogens is 1. The molecule has 3 aromatic rings. The Morgan fingerprint density at radius 1 is 1.11 bits per heavy atom. The van der Waals surface area contributed by atoms with Gasteiger partial charge >= 0.3 is 0 Å². The molecule has 5 nitrogen and oxygen atoms in total. The number of carbonyl (C=O) groups is 1. The van der Waals surface area contributed by atoms with Crippen LogP contribution >= 0.6 is 11.3 Å². The molecule has 28 heavy (non-hydrogen) atoms. The number of piperazine rings is 1. The number of anilines is 2. The van der Waals surface area contributed by atoms with Crippen LogP contribution in [0, 0.1) is 11.6 Å². The number of amides is 1. The highest BCUT2D eigenvalue weighted by Gasteiger charge is 2.23. The molecule has 1 amide bonds. The summed E-state index contributed by atoms with van der Waals surface area (Å²) in [7, 11) is 1.79. The van der Waals surface area contributed by atoms with E-state index in [1.165, 1.54) is 29.5 Å². The lowest BCUT2D eigenvalue weighted by Gasteiger charge is -2.36. The third-order valence-corrected chi connectivity index (χ3v) is 6.02. The first-order valence-corrected chi connectivity index (χ1v) is 9.87. The van der Waals surface area contributed by atoms with Gasteiger partial charge in [0.25, 0.3) is 0 Å². The SMILES string of the molecule is CN(CC(=O)N1CCN(c2ccc(F)cc2)CC1)c1nc2c(F)cccc2s1. The van der Waals surface area contributed by atoms with Crippen molar-refractivity contribution in [3.05, 3.63) is 54.1 Å². The molecule has 0 aliphatic carbocycles. The van der Waals surface area contributed by atoms with Gasteiger partial charge in [-0.2, -0.15) is 0 Å². The number of benzene rings is 2. The van der Waals surface area contributed by atoms with Crippen LogP contribution < -0.4 is 9.80 Å². The van der Waals surface area contributed by atoms with Crippen LogP contribution in [0.1, 0.15) is 0 Å². The van der Waals surface area contributed by atoms with Crippen LogP contribution in [0.4, 0.5) is 19.6 Å². The molecule has 2 aromatic carbocycles. The van der Waals surface area contributed by atoms with E-state index in [4.69, 9.17) is 0 Å². The first-order chi connectivity index (χ1) is 13.5. The fourth-order valence-corrected chi connectivity index (χ4v) is 4.24. The zero-order chi connectivity index (χ0) is 19.7. The predicted octanol–water partition coefficient (Wildman–Crippen LogP) is 3.36. The molecule has 0 N–H and O–H groups in total. The van der Waals surface area contributed by atoms with E-state index >= 15 is 0 Å². The largest absolute Gasteiger partial charge is 0.368 e. The first kappa shape index (κ1) is 18.6. The van der Waals surface area contributed by atoms with E-state index in [0.717, 1.165) is 10.4 Å². The van der Waals surface area contributed by atoms with Gasteiger partial charge in [-0.15, -0.1) is 0 Å². The molecule has 1 saturated heterocycles. The summed E-state index contributed by atoms with van der Waals surface area (Å²) in [4.78, 5) is 22.7. The summed E-state index contributed by atoms with van der Waals surface area (Å²) < 4.78 is 27.7. The van der Waals surface area contributed by atoms with E-state index in [2.05, 4.69) is 9.88 Å². The third kappa shape index (κ3) is 3.77. The quantitative estimate of drug-likeness (QED) is 0.671. The van der Waals surface area contributed by atoms with E-state index in [1.54, 1.807) is 30.1 Å². The molecule has 2 heterocycles. The highest BCUT2D eigenvalue weighted by atomic mass is 32.1. The van der Waals surface area contributed by atoms with E-state index in [0.29, 0.717) is 36.8 Å². The summed E-state index contributed by atoms with van der Waals surface area (Å²) in [5, 5.41) is 0.624. The lowest BCUT2D eigenvalue weighted by Crippen LogP contribution is -2.51. The standard InChI is InChI=1S/C20H20F2N4OS/c1-24(20-23-19-16(22)3-2-4-17(19)28-20)13-18(27)26-11-9-25(10-12-26)15-7-5-14(21)6-8-15/h2-8H,9-13H2,1H3. The lowest BCUT2D eigenvalue weighted by molar-refractivity contribution is -0.129. The Morgan fingerprint density at radius 3 is 2.50 bits per heavy atom. The Labute approximate surface area is 165 Å². The minimum Gasteiger partial charge on any atom is -0.368 e. The second-order valence-electron chi connectivity index (χ2n) is 6.78. The van der Waals surface area contributed by atoms with Crippen LogP contribution in [0.2, 0.25) is 0 Å². The molecule has 8 heteroatoms. The number of hydrogen-bond acceptors (Lipinski definition) is 5. The number of thiazole rings is 1. The van der Waals surface area contributed by atoms with Gasteiger partial charge in [-0.1, -0.05) is 17.4 Å². The van der Waals surface area contributed by atoms with Crippen molar-refractivity contribution in [3.8, 4) is 0 Å². The maximum absolute atomic E-state index is 13.8. The van der Waals surface area contributed by atoms with E-state index in [1.807, 2.05) is 11.0 Å². The molecule has 0 atom stereocenters. The number of likely N-dealkylation sites (N-methyl/N-ethyl adjacent to an activating group) is 1. The molecule has 1 fully saturated rings. The molecule has 0 radical (unpaired) electrons. The summed E-state index contributed by atoms with van der Waals surface area (Å²) in [5.41, 5.74) is 1.30. The minimum absolute atomic E-state index is 0.0148. The van der Waals surface area contributed by atoms with E-state index in [-0.39, 0.29) is 24.1 Å². The zero-order valence-corrected chi connectivity index (χ0v) is 16.3. The van der Waals surface area contributed by atoms with Gasteiger partial charge in [0.1, 0.15) is 17.2 Å². The Kier molecular flexibility index (Phi) is 5.13. The maximum atomic E-state index is 13.8. The van der Waals surface area contributed by atoms with Crippen molar-refractivity contribution in [2.45, 2.75) is 0 Å². The summed E-state index contributed by atoms with van der Waals surface area (Å²) in [6.07, 6.45) is 0. The van der Waals surface area contributed by atoms with Gasteiger partial charge in [0.05, 0.1) is 11.2 Å². The number of hydrogen-bond donors (Lipinski definition) is 0. The number of carbonyl (C=O) groups excluding carboxylic acids is 1. The molecular weight excluding hydrogens is 382 g/mol. The molecule has 1 aliphatic rings. The van der Waals surface area contributed by atoms with Crippen molar-refractivity contribution in [3.63, 3.8) is 0 Å². The molecular formula is C20H20F2N4OS. The van der Waals surface area contributed by atoms with Crippen molar-refractivity contribution in [2.75, 3.05) is 49.6 Å². The van der Waals surface area contributed by atoms with Crippen molar-refractivity contribution in [1.29, 1.82) is 0 Å². The molecule has 0 saturated carbocycles. The molecule has 0 bridgehead atoms. The Morgan fingerprint density at radius 2 is 1.82 bits per heavy atom. The Hall–Kier alpha value is -2.74. The smallest absolute Gasteiger partial charge is 0.242 e. The Balaban J connectivity index is 1.36. The maximum Gasteiger partial charge on any atom is 0.242 e. The Bertz CT molecular complexity index is 984. The van der Waals surface area contributed by atoms with Crippen LogP contribution in [0.15, 0.2) is 42.5 Å². The summed E-state index contributed by atoms with van der Waals surface area (Å²) in [6.45, 7) is 2.82. The van der Waals surface area contributed by atoms with Gasteiger partial charge < -0.3 is 14.7 Å². The summed E-state index contributed by atoms with van der Waals surface area (Å²) in [5.74, 6) is -0.590. The first-order valence-electron chi connectivity index (χ1n) is 9.06. The molecule has 1 aromatic heterocycles. The van der Waals surface area contributed by atoms with Gasteiger partial charge in [-0.05, 0) is 36.4 Å². The average Bonchev–Trinajstić information content (AvgIpc) is 3.15. The molecule has 4 rings (SSSR count). The van der Waals surface area contributed by atoms with Crippen molar-refractivity contribution >= 4 is 38.3 Å².